The van der Waals surface area contributed by atoms with E-state index in [4.69, 9.17) is 22.7 Å². The Morgan fingerprint density at radius 2 is 2.05 bits per heavy atom. The van der Waals surface area contributed by atoms with E-state index in [9.17, 15) is 4.79 Å². The predicted octanol–water partition coefficient (Wildman–Crippen LogP) is 1.16. The fraction of sp³-hybridized carbons (Fsp3) is 0.467. The van der Waals surface area contributed by atoms with E-state index in [1.807, 2.05) is 43.1 Å². The van der Waals surface area contributed by atoms with Gasteiger partial charge in [-0.15, -0.1) is 0 Å². The summed E-state index contributed by atoms with van der Waals surface area (Å²) in [5.41, 5.74) is 6.36. The van der Waals surface area contributed by atoms with Gasteiger partial charge in [-0.05, 0) is 44.7 Å². The number of amides is 1. The molecule has 0 aliphatic carbocycles. The lowest BCUT2D eigenvalue weighted by Gasteiger charge is -2.16. The summed E-state index contributed by atoms with van der Waals surface area (Å²) in [7, 11) is 1.92. The zero-order valence-electron chi connectivity index (χ0n) is 12.6. The number of thiocarbonyl (C=S) groups is 1. The van der Waals surface area contributed by atoms with Gasteiger partial charge in [-0.25, -0.2) is 0 Å². The number of hydrogen-bond acceptors (Lipinski definition) is 4. The Balaban J connectivity index is 2.21. The molecule has 0 unspecified atom stereocenters. The van der Waals surface area contributed by atoms with Gasteiger partial charge in [0.25, 0.3) is 0 Å². The van der Waals surface area contributed by atoms with E-state index in [1.165, 1.54) is 0 Å². The number of likely N-dealkylation sites (N-methyl/N-ethyl adjacent to an activating group) is 2. The van der Waals surface area contributed by atoms with E-state index in [-0.39, 0.29) is 5.91 Å². The van der Waals surface area contributed by atoms with E-state index >= 15 is 0 Å². The fourth-order valence-corrected chi connectivity index (χ4v) is 1.95. The quantitative estimate of drug-likeness (QED) is 0.529. The Morgan fingerprint density at radius 1 is 1.38 bits per heavy atom. The molecule has 0 saturated heterocycles. The average Bonchev–Trinajstić information content (AvgIpc) is 2.44. The van der Waals surface area contributed by atoms with Crippen molar-refractivity contribution in [2.24, 2.45) is 5.73 Å². The van der Waals surface area contributed by atoms with Gasteiger partial charge in [-0.1, -0.05) is 12.2 Å². The standard InChI is InChI=1S/C15H23N3O2S/c1-3-17-14(19)11-18(2)9-4-10-20-13-7-5-12(6-8-13)15(16)21/h5-8H,3-4,9-11H2,1-2H3,(H2,16,21)(H,17,19). The van der Waals surface area contributed by atoms with Gasteiger partial charge in [-0.2, -0.15) is 0 Å². The molecule has 0 spiro atoms. The summed E-state index contributed by atoms with van der Waals surface area (Å²) in [6, 6.07) is 7.40. The molecule has 0 radical (unpaired) electrons. The molecule has 0 atom stereocenters. The van der Waals surface area contributed by atoms with Crippen molar-refractivity contribution in [1.82, 2.24) is 10.2 Å². The van der Waals surface area contributed by atoms with Gasteiger partial charge < -0.3 is 15.8 Å². The number of nitrogens with one attached hydrogen (secondary N) is 1. The monoisotopic (exact) mass is 309 g/mol. The normalized spacial score (nSPS) is 10.4. The molecule has 0 saturated carbocycles. The van der Waals surface area contributed by atoms with E-state index in [2.05, 4.69) is 5.32 Å². The lowest BCUT2D eigenvalue weighted by Crippen LogP contribution is -2.35. The number of rotatable bonds is 9. The number of carbonyl (C=O) groups is 1. The molecular weight excluding hydrogens is 286 g/mol. The van der Waals surface area contributed by atoms with E-state index in [1.54, 1.807) is 0 Å². The highest BCUT2D eigenvalue weighted by atomic mass is 32.1. The Morgan fingerprint density at radius 3 is 2.62 bits per heavy atom. The van der Waals surface area contributed by atoms with Crippen LogP contribution in [0.4, 0.5) is 0 Å². The summed E-state index contributed by atoms with van der Waals surface area (Å²) in [4.78, 5) is 13.7. The zero-order chi connectivity index (χ0) is 15.7. The van der Waals surface area contributed by atoms with E-state index in [0.717, 1.165) is 24.3 Å². The maximum Gasteiger partial charge on any atom is 0.234 e. The summed E-state index contributed by atoms with van der Waals surface area (Å²) in [5.74, 6) is 0.843. The number of ether oxygens (including phenoxy) is 1. The van der Waals surface area contributed by atoms with Crippen LogP contribution in [0.2, 0.25) is 0 Å². The number of nitrogens with zero attached hydrogens (tertiary/aromatic N) is 1. The molecule has 1 aromatic carbocycles. The maximum absolute atomic E-state index is 11.4. The molecular formula is C15H23N3O2S. The Bertz CT molecular complexity index is 462. The van der Waals surface area contributed by atoms with Crippen molar-refractivity contribution in [2.45, 2.75) is 13.3 Å². The summed E-state index contributed by atoms with van der Waals surface area (Å²) in [6.07, 6.45) is 0.854. The topological polar surface area (TPSA) is 67.6 Å². The summed E-state index contributed by atoms with van der Waals surface area (Å²) >= 11 is 4.89. The highest BCUT2D eigenvalue weighted by Crippen LogP contribution is 2.12. The number of carbonyl (C=O) groups excluding carboxylic acids is 1. The third kappa shape index (κ3) is 7.06. The van der Waals surface area contributed by atoms with Gasteiger partial charge in [0.1, 0.15) is 10.7 Å². The Kier molecular flexibility index (Phi) is 7.71. The van der Waals surface area contributed by atoms with Crippen LogP contribution in [0.3, 0.4) is 0 Å². The predicted molar refractivity (Wildman–Crippen MR) is 88.6 cm³/mol. The molecule has 0 bridgehead atoms. The molecule has 0 heterocycles. The van der Waals surface area contributed by atoms with Crippen LogP contribution < -0.4 is 15.8 Å². The Labute approximate surface area is 131 Å². The minimum atomic E-state index is 0.0502. The van der Waals surface area contributed by atoms with Gasteiger partial charge in [0.05, 0.1) is 13.2 Å². The first-order valence-electron chi connectivity index (χ1n) is 7.00. The summed E-state index contributed by atoms with van der Waals surface area (Å²) in [6.45, 7) is 4.40. The van der Waals surface area contributed by atoms with Crippen molar-refractivity contribution in [3.8, 4) is 5.75 Å². The highest BCUT2D eigenvalue weighted by Gasteiger charge is 2.05. The summed E-state index contributed by atoms with van der Waals surface area (Å²) < 4.78 is 5.63. The van der Waals surface area contributed by atoms with Crippen molar-refractivity contribution in [3.05, 3.63) is 29.8 Å². The van der Waals surface area contributed by atoms with Crippen LogP contribution in [0.25, 0.3) is 0 Å². The van der Waals surface area contributed by atoms with Gasteiger partial charge in [-0.3, -0.25) is 9.69 Å². The number of hydrogen-bond donors (Lipinski definition) is 2. The van der Waals surface area contributed by atoms with Crippen LogP contribution in [0.1, 0.15) is 18.9 Å². The zero-order valence-corrected chi connectivity index (χ0v) is 13.4. The second-order valence-electron chi connectivity index (χ2n) is 4.78. The van der Waals surface area contributed by atoms with Crippen LogP contribution in [0.5, 0.6) is 5.75 Å². The van der Waals surface area contributed by atoms with Crippen molar-refractivity contribution in [3.63, 3.8) is 0 Å². The molecule has 116 valence electrons. The fourth-order valence-electron chi connectivity index (χ4n) is 1.82. The average molecular weight is 309 g/mol. The first-order valence-corrected chi connectivity index (χ1v) is 7.41. The SMILES string of the molecule is CCNC(=O)CN(C)CCCOc1ccc(C(N)=S)cc1. The largest absolute Gasteiger partial charge is 0.494 e. The first-order chi connectivity index (χ1) is 10.0. The second-order valence-corrected chi connectivity index (χ2v) is 5.22. The van der Waals surface area contributed by atoms with Gasteiger partial charge in [0.2, 0.25) is 5.91 Å². The number of nitrogens with two attached hydrogens (primary N) is 1. The lowest BCUT2D eigenvalue weighted by atomic mass is 10.2. The van der Waals surface area contributed by atoms with Crippen LogP contribution >= 0.6 is 12.2 Å². The van der Waals surface area contributed by atoms with Crippen molar-refractivity contribution in [2.75, 3.05) is 33.3 Å². The van der Waals surface area contributed by atoms with Crippen LogP contribution in [-0.2, 0) is 4.79 Å². The maximum atomic E-state index is 11.4. The summed E-state index contributed by atoms with van der Waals surface area (Å²) in [5, 5.41) is 2.77. The van der Waals surface area contributed by atoms with E-state index in [0.29, 0.717) is 24.7 Å². The molecule has 3 N–H and O–H groups in total. The van der Waals surface area contributed by atoms with Gasteiger partial charge in [0, 0.05) is 18.7 Å². The van der Waals surface area contributed by atoms with Crippen molar-refractivity contribution >= 4 is 23.1 Å². The third-order valence-electron chi connectivity index (χ3n) is 2.88. The molecule has 1 aromatic rings. The molecule has 0 fully saturated rings. The van der Waals surface area contributed by atoms with Crippen LogP contribution in [0.15, 0.2) is 24.3 Å². The minimum absolute atomic E-state index is 0.0502. The van der Waals surface area contributed by atoms with Crippen LogP contribution in [0, 0.1) is 0 Å². The minimum Gasteiger partial charge on any atom is -0.494 e. The third-order valence-corrected chi connectivity index (χ3v) is 3.11. The van der Waals surface area contributed by atoms with Crippen molar-refractivity contribution in [1.29, 1.82) is 0 Å². The smallest absolute Gasteiger partial charge is 0.234 e. The molecule has 0 aliphatic rings. The Hall–Kier alpha value is -1.66. The van der Waals surface area contributed by atoms with E-state index < -0.39 is 0 Å². The lowest BCUT2D eigenvalue weighted by molar-refractivity contribution is -0.121. The molecule has 6 heteroatoms. The second kappa shape index (κ2) is 9.31. The highest BCUT2D eigenvalue weighted by molar-refractivity contribution is 7.80. The molecule has 5 nitrogen and oxygen atoms in total. The number of benzene rings is 1. The molecule has 1 amide bonds. The molecule has 0 aliphatic heterocycles. The van der Waals surface area contributed by atoms with Gasteiger partial charge in [0.15, 0.2) is 0 Å². The van der Waals surface area contributed by atoms with Crippen molar-refractivity contribution < 1.29 is 9.53 Å². The molecule has 1 rings (SSSR count). The first kappa shape index (κ1) is 17.4. The van der Waals surface area contributed by atoms with Crippen LogP contribution in [-0.4, -0.2) is 49.1 Å². The molecule has 0 aromatic heterocycles. The van der Waals surface area contributed by atoms with Gasteiger partial charge >= 0.3 is 0 Å². The molecule has 21 heavy (non-hydrogen) atoms.